The van der Waals surface area contributed by atoms with Crippen molar-refractivity contribution in [2.75, 3.05) is 60.8 Å². The molecule has 26 nitrogen and oxygen atoms in total. The fourth-order valence-electron chi connectivity index (χ4n) is 5.42. The monoisotopic (exact) mass is 1160 g/mol. The normalized spacial score (nSPS) is 12.0. The van der Waals surface area contributed by atoms with Crippen molar-refractivity contribution >= 4 is 64.2 Å². The van der Waals surface area contributed by atoms with Crippen LogP contribution < -0.4 is 19.9 Å². The largest absolute Gasteiger partial charge is 0.508 e. The fourth-order valence-corrected chi connectivity index (χ4v) is 8.71. The summed E-state index contributed by atoms with van der Waals surface area (Å²) in [5, 5.41) is 92.8. The van der Waals surface area contributed by atoms with Gasteiger partial charge < -0.3 is 55.7 Å². The molecule has 5 rings (SSSR count). The predicted octanol–water partition coefficient (Wildman–Crippen LogP) is 6.53. The number of rotatable bonds is 24. The molecule has 0 atom stereocenters. The first-order chi connectivity index (χ1) is 35.2. The number of nitrogens with one attached hydrogen (secondary N) is 3. The second-order valence-corrected chi connectivity index (χ2v) is 22.1. The first-order valence-corrected chi connectivity index (χ1v) is 26.8. The van der Waals surface area contributed by atoms with Crippen molar-refractivity contribution in [3.05, 3.63) is 84.9 Å². The number of aromatic hydroxyl groups is 7. The van der Waals surface area contributed by atoms with Gasteiger partial charge in [-0.1, -0.05) is 0 Å². The molecule has 13 N–H and O–H groups in total. The molecule has 0 spiro atoms. The number of hydrogen-bond acceptors (Lipinski definition) is 22. The quantitative estimate of drug-likeness (QED) is 0.0178. The fraction of sp³-hybridized carbons (Fsp3) is 0.348. The number of benzene rings is 5. The third-order valence-electron chi connectivity index (χ3n) is 9.08. The number of azo groups is 3. The van der Waals surface area contributed by atoms with Crippen LogP contribution in [0, 0.1) is 0 Å². The van der Waals surface area contributed by atoms with Crippen molar-refractivity contribution in [1.29, 1.82) is 0 Å². The van der Waals surface area contributed by atoms with Gasteiger partial charge in [-0.3, -0.25) is 0 Å². The molecular weight excluding hydrogens is 1100 g/mol. The summed E-state index contributed by atoms with van der Waals surface area (Å²) in [5.41, 5.74) is 2.72. The summed E-state index contributed by atoms with van der Waals surface area (Å²) < 4.78 is 96.6. The van der Waals surface area contributed by atoms with E-state index in [9.17, 15) is 61.0 Å². The molecule has 0 bridgehead atoms. The minimum Gasteiger partial charge on any atom is -0.508 e. The van der Waals surface area contributed by atoms with E-state index in [4.69, 9.17) is 14.2 Å². The number of nitrogens with zero attached hydrogens (tertiary/aromatic N) is 6. The Kier molecular flexibility index (Phi) is 26.8. The zero-order valence-electron chi connectivity index (χ0n) is 42.2. The molecule has 30 heteroatoms. The van der Waals surface area contributed by atoms with Crippen LogP contribution in [0.2, 0.25) is 0 Å². The van der Waals surface area contributed by atoms with Crippen molar-refractivity contribution in [3.63, 3.8) is 0 Å². The molecule has 5 aromatic carbocycles. The van der Waals surface area contributed by atoms with Crippen LogP contribution in [0.3, 0.4) is 0 Å². The van der Waals surface area contributed by atoms with Crippen LogP contribution in [-0.4, -0.2) is 127 Å². The van der Waals surface area contributed by atoms with Crippen LogP contribution in [0.15, 0.2) is 130 Å². The van der Waals surface area contributed by atoms with Crippen LogP contribution in [0.1, 0.15) is 40.0 Å². The van der Waals surface area contributed by atoms with Gasteiger partial charge in [-0.2, -0.15) is 0 Å². The molecule has 418 valence electrons. The van der Waals surface area contributed by atoms with Gasteiger partial charge in [-0.05, 0) is 119 Å². The van der Waals surface area contributed by atoms with Gasteiger partial charge in [0.1, 0.15) is 62.9 Å². The summed E-state index contributed by atoms with van der Waals surface area (Å²) in [6, 6.07) is 16.3. The van der Waals surface area contributed by atoms with Gasteiger partial charge in [0.25, 0.3) is 0 Å². The number of sulfonamides is 3. The van der Waals surface area contributed by atoms with Crippen LogP contribution in [0.25, 0.3) is 0 Å². The van der Waals surface area contributed by atoms with Crippen molar-refractivity contribution in [3.8, 4) is 40.2 Å². The average molecular weight is 1160 g/mol. The maximum atomic E-state index is 12.6. The Morgan fingerprint density at radius 1 is 0.447 bits per heavy atom. The Hall–Kier alpha value is -6.41. The van der Waals surface area contributed by atoms with Gasteiger partial charge in [0.2, 0.25) is 30.1 Å². The topological polar surface area (TPSA) is 410 Å². The molecule has 0 saturated heterocycles. The van der Waals surface area contributed by atoms with E-state index in [1.165, 1.54) is 57.7 Å². The van der Waals surface area contributed by atoms with Crippen LogP contribution in [-0.2, 0) is 61.3 Å². The van der Waals surface area contributed by atoms with E-state index in [2.05, 4.69) is 71.4 Å². The molecule has 0 aliphatic heterocycles. The molecule has 0 fully saturated rings. The molecule has 0 amide bonds. The number of phenolic OH excluding ortho intramolecular Hbond substituents is 7. The third kappa shape index (κ3) is 22.0. The summed E-state index contributed by atoms with van der Waals surface area (Å²) in [5.74, 6) is -2.80. The maximum absolute atomic E-state index is 12.6. The molecule has 0 heterocycles. The van der Waals surface area contributed by atoms with Gasteiger partial charge in [0, 0.05) is 83.9 Å². The van der Waals surface area contributed by atoms with Crippen LogP contribution >= 0.6 is 0 Å². The summed E-state index contributed by atoms with van der Waals surface area (Å²) in [6.45, 7) is 7.80. The van der Waals surface area contributed by atoms with E-state index in [1.807, 2.05) is 0 Å². The number of ether oxygens (including phenoxy) is 3. The number of methoxy groups -OCH3 is 3. The Labute approximate surface area is 451 Å². The smallest absolute Gasteiger partial charge is 0.240 e. The van der Waals surface area contributed by atoms with Crippen LogP contribution in [0.5, 0.6) is 40.2 Å². The molecule has 0 aromatic heterocycles. The predicted molar refractivity (Wildman–Crippen MR) is 274 cm³/mol. The van der Waals surface area contributed by atoms with Gasteiger partial charge >= 0.3 is 0 Å². The second-order valence-electron chi connectivity index (χ2n) is 16.8. The molecule has 0 saturated carbocycles. The van der Waals surface area contributed by atoms with E-state index < -0.39 is 58.8 Å². The number of quaternary nitrogens is 1. The zero-order chi connectivity index (χ0) is 56.0. The average Bonchev–Trinajstić information content (AvgIpc) is 3.33. The Bertz CT molecular complexity index is 3120. The molecule has 0 unspecified atom stereocenters. The van der Waals surface area contributed by atoms with E-state index >= 15 is 0 Å². The van der Waals surface area contributed by atoms with Crippen LogP contribution in [0.4, 0.5) is 34.1 Å². The van der Waals surface area contributed by atoms with Crippen molar-refractivity contribution in [1.82, 2.24) is 14.2 Å². The molecule has 0 radical (unpaired) electrons. The summed E-state index contributed by atoms with van der Waals surface area (Å²) in [7, 11) is -7.16. The molecular formula is C46H63FeN10O16S3+. The SMILES string of the molecule is CC(C)(C)[NH3+].COCCCNS(=O)(=O)c1ccc(O)c(N=Nc2ccc(O)c(N=Nc3cc(S(=O)(=O)NCCCOC)ccc3O)c2O)c1.COCCCNS(=O)(=O)c1ccc(O)c(N=Nc2ccc(O)cc2O)c1.[Fe]. The standard InChI is InChI=1S/C26H32N6O10S2.C16H19N3O6S.C4H11N.Fe/c1-41-13-3-11-27-43(37,38)17-5-8-22(33)20(15-17)30-29-19-7-10-24(35)25(26(19)36)32-31-21-16-18(6-9-23(21)34)44(39,40)28-12-4-14-42-2;1-25-8-2-7-17-26(23,24)12-4-6-15(21)14(10-12)19-18-13-5-3-11(20)9-16(13)22;1-4(2,3)5;/h5-10,15-16,27-28,33-36H,3-4,11-14H2,1-2H3;3-6,9-10,17,20-22H,2,7-8H2,1H3;5H2,1-3H3;/p+1. The third-order valence-corrected chi connectivity index (χ3v) is 13.5. The van der Waals surface area contributed by atoms with Crippen molar-refractivity contribution < 1.29 is 98.0 Å². The molecule has 76 heavy (non-hydrogen) atoms. The zero-order valence-corrected chi connectivity index (χ0v) is 45.8. The summed E-state index contributed by atoms with van der Waals surface area (Å²) in [6.07, 6.45) is 1.39. The van der Waals surface area contributed by atoms with E-state index in [-0.39, 0.29) is 103 Å². The van der Waals surface area contributed by atoms with Gasteiger partial charge in [0.15, 0.2) is 11.4 Å². The first kappa shape index (κ1) is 65.7. The second kappa shape index (κ2) is 31.0. The minimum absolute atomic E-state index is 0. The Morgan fingerprint density at radius 3 is 1.12 bits per heavy atom. The van der Waals surface area contributed by atoms with Gasteiger partial charge in [0.05, 0.1) is 20.2 Å². The van der Waals surface area contributed by atoms with Crippen molar-refractivity contribution in [2.24, 2.45) is 30.7 Å². The summed E-state index contributed by atoms with van der Waals surface area (Å²) >= 11 is 0. The van der Waals surface area contributed by atoms with Crippen molar-refractivity contribution in [2.45, 2.75) is 60.3 Å². The van der Waals surface area contributed by atoms with Gasteiger partial charge in [-0.25, -0.2) is 39.4 Å². The maximum Gasteiger partial charge on any atom is 0.240 e. The minimum atomic E-state index is -3.95. The summed E-state index contributed by atoms with van der Waals surface area (Å²) in [4.78, 5) is -0.496. The van der Waals surface area contributed by atoms with E-state index in [0.717, 1.165) is 48.5 Å². The van der Waals surface area contributed by atoms with E-state index in [0.29, 0.717) is 39.1 Å². The number of hydrogen-bond donors (Lipinski definition) is 11. The Morgan fingerprint density at radius 2 is 0.763 bits per heavy atom. The Balaban J connectivity index is 0.000000522. The first-order valence-electron chi connectivity index (χ1n) is 22.3. The molecule has 0 aliphatic rings. The van der Waals surface area contributed by atoms with Gasteiger partial charge in [-0.15, -0.1) is 30.7 Å². The molecule has 0 aliphatic carbocycles. The van der Waals surface area contributed by atoms with E-state index in [1.54, 1.807) is 0 Å². The molecule has 5 aromatic rings. The number of phenols is 7.